The molecule has 0 saturated carbocycles. The van der Waals surface area contributed by atoms with Crippen LogP contribution in [0, 0.1) is 0 Å². The van der Waals surface area contributed by atoms with Gasteiger partial charge in [0.15, 0.2) is 0 Å². The minimum Gasteiger partial charge on any atom is -0.481 e. The average molecular weight is 327 g/mol. The zero-order valence-corrected chi connectivity index (χ0v) is 14.4. The number of methoxy groups -OCH3 is 1. The minimum absolute atomic E-state index is 0.430. The lowest BCUT2D eigenvalue weighted by Gasteiger charge is -2.37. The summed E-state index contributed by atoms with van der Waals surface area (Å²) in [7, 11) is 3.71. The highest BCUT2D eigenvalue weighted by Crippen LogP contribution is 2.20. The van der Waals surface area contributed by atoms with Gasteiger partial charge in [-0.2, -0.15) is 4.98 Å². The molecule has 24 heavy (non-hydrogen) atoms. The fourth-order valence-electron chi connectivity index (χ4n) is 3.16. The highest BCUT2D eigenvalue weighted by Gasteiger charge is 2.24. The van der Waals surface area contributed by atoms with Crippen molar-refractivity contribution in [2.24, 2.45) is 0 Å². The molecule has 1 aliphatic heterocycles. The molecule has 0 aromatic carbocycles. The van der Waals surface area contributed by atoms with Crippen molar-refractivity contribution in [3.05, 3.63) is 42.4 Å². The van der Waals surface area contributed by atoms with Gasteiger partial charge in [-0.15, -0.1) is 0 Å². The number of likely N-dealkylation sites (N-methyl/N-ethyl adjacent to an activating group) is 1. The summed E-state index contributed by atoms with van der Waals surface area (Å²) in [6, 6.07) is 6.35. The molecule has 128 valence electrons. The lowest BCUT2D eigenvalue weighted by Crippen LogP contribution is -2.47. The molecular formula is C18H25N5O. The number of rotatable bonds is 6. The molecule has 2 aromatic rings. The standard InChI is InChI=1S/C18H25N5O/c1-22(18-20-10-7-17(21-18)24-2)16-6-4-11-23(14-16)12-8-15-5-3-9-19-13-15/h3,5,7,9-10,13,16H,4,6,8,11-12,14H2,1-2H3. The van der Waals surface area contributed by atoms with Gasteiger partial charge in [0.05, 0.1) is 7.11 Å². The molecule has 1 aliphatic rings. The van der Waals surface area contributed by atoms with Crippen LogP contribution in [-0.4, -0.2) is 59.7 Å². The number of ether oxygens (including phenoxy) is 1. The first-order chi connectivity index (χ1) is 11.8. The molecule has 1 fully saturated rings. The number of piperidine rings is 1. The van der Waals surface area contributed by atoms with Crippen LogP contribution in [0.15, 0.2) is 36.8 Å². The molecule has 0 N–H and O–H groups in total. The van der Waals surface area contributed by atoms with Crippen molar-refractivity contribution in [2.75, 3.05) is 38.7 Å². The SMILES string of the molecule is COc1ccnc(N(C)C2CCCN(CCc3cccnc3)C2)n1. The second-order valence-corrected chi connectivity index (χ2v) is 6.22. The number of likely N-dealkylation sites (tertiary alicyclic amines) is 1. The summed E-state index contributed by atoms with van der Waals surface area (Å²) in [6.45, 7) is 3.26. The smallest absolute Gasteiger partial charge is 0.228 e. The van der Waals surface area contributed by atoms with E-state index in [-0.39, 0.29) is 0 Å². The Morgan fingerprint density at radius 2 is 2.25 bits per heavy atom. The van der Waals surface area contributed by atoms with E-state index in [0.717, 1.165) is 32.0 Å². The van der Waals surface area contributed by atoms with Crippen LogP contribution in [0.1, 0.15) is 18.4 Å². The molecule has 0 amide bonds. The van der Waals surface area contributed by atoms with Crippen LogP contribution >= 0.6 is 0 Å². The van der Waals surface area contributed by atoms with Gasteiger partial charge in [0.2, 0.25) is 11.8 Å². The summed E-state index contributed by atoms with van der Waals surface area (Å²) in [5.41, 5.74) is 1.30. The molecule has 2 aromatic heterocycles. The van der Waals surface area contributed by atoms with E-state index in [1.807, 2.05) is 18.5 Å². The molecule has 0 radical (unpaired) electrons. The molecule has 6 heteroatoms. The van der Waals surface area contributed by atoms with E-state index < -0.39 is 0 Å². The fourth-order valence-corrected chi connectivity index (χ4v) is 3.16. The zero-order chi connectivity index (χ0) is 16.8. The predicted molar refractivity (Wildman–Crippen MR) is 94.4 cm³/mol. The summed E-state index contributed by atoms with van der Waals surface area (Å²) < 4.78 is 5.21. The third-order valence-corrected chi connectivity index (χ3v) is 4.61. The molecule has 0 aliphatic carbocycles. The summed E-state index contributed by atoms with van der Waals surface area (Å²) in [5, 5.41) is 0. The van der Waals surface area contributed by atoms with Crippen LogP contribution in [0.2, 0.25) is 0 Å². The molecule has 0 bridgehead atoms. The topological polar surface area (TPSA) is 54.4 Å². The average Bonchev–Trinajstić information content (AvgIpc) is 2.67. The molecular weight excluding hydrogens is 302 g/mol. The van der Waals surface area contributed by atoms with Crippen molar-refractivity contribution in [1.82, 2.24) is 19.9 Å². The van der Waals surface area contributed by atoms with Crippen LogP contribution in [0.4, 0.5) is 5.95 Å². The summed E-state index contributed by atoms with van der Waals surface area (Å²) in [6.07, 6.45) is 8.94. The normalized spacial score (nSPS) is 18.3. The Balaban J connectivity index is 1.58. The van der Waals surface area contributed by atoms with Gasteiger partial charge in [-0.05, 0) is 37.4 Å². The zero-order valence-electron chi connectivity index (χ0n) is 14.4. The van der Waals surface area contributed by atoms with Crippen LogP contribution in [0.3, 0.4) is 0 Å². The largest absolute Gasteiger partial charge is 0.481 e. The second kappa shape index (κ2) is 8.06. The van der Waals surface area contributed by atoms with Gasteiger partial charge in [-0.3, -0.25) is 4.98 Å². The van der Waals surface area contributed by atoms with Crippen molar-refractivity contribution in [1.29, 1.82) is 0 Å². The third-order valence-electron chi connectivity index (χ3n) is 4.61. The van der Waals surface area contributed by atoms with Crippen molar-refractivity contribution in [3.8, 4) is 5.88 Å². The van der Waals surface area contributed by atoms with Gasteiger partial charge < -0.3 is 14.5 Å². The monoisotopic (exact) mass is 327 g/mol. The van der Waals surface area contributed by atoms with Crippen molar-refractivity contribution in [2.45, 2.75) is 25.3 Å². The molecule has 0 spiro atoms. The van der Waals surface area contributed by atoms with E-state index in [9.17, 15) is 0 Å². The summed E-state index contributed by atoms with van der Waals surface area (Å²) >= 11 is 0. The maximum atomic E-state index is 5.21. The minimum atomic E-state index is 0.430. The Morgan fingerprint density at radius 3 is 3.04 bits per heavy atom. The molecule has 6 nitrogen and oxygen atoms in total. The Morgan fingerprint density at radius 1 is 1.33 bits per heavy atom. The van der Waals surface area contributed by atoms with Crippen LogP contribution in [-0.2, 0) is 6.42 Å². The first-order valence-corrected chi connectivity index (χ1v) is 8.47. The molecule has 1 atom stereocenters. The van der Waals surface area contributed by atoms with E-state index in [0.29, 0.717) is 11.9 Å². The number of hydrogen-bond donors (Lipinski definition) is 0. The molecule has 1 saturated heterocycles. The van der Waals surface area contributed by atoms with Crippen LogP contribution < -0.4 is 9.64 Å². The Kier molecular flexibility index (Phi) is 5.59. The van der Waals surface area contributed by atoms with Gasteiger partial charge in [-0.1, -0.05) is 6.07 Å². The van der Waals surface area contributed by atoms with Gasteiger partial charge in [-0.25, -0.2) is 4.98 Å². The fraction of sp³-hybridized carbons (Fsp3) is 0.500. The molecule has 1 unspecified atom stereocenters. The summed E-state index contributed by atoms with van der Waals surface area (Å²) in [4.78, 5) is 17.7. The number of hydrogen-bond acceptors (Lipinski definition) is 6. The lowest BCUT2D eigenvalue weighted by atomic mass is 10.0. The first kappa shape index (κ1) is 16.6. The van der Waals surface area contributed by atoms with E-state index in [1.165, 1.54) is 18.4 Å². The van der Waals surface area contributed by atoms with Crippen molar-refractivity contribution in [3.63, 3.8) is 0 Å². The Labute approximate surface area is 143 Å². The van der Waals surface area contributed by atoms with E-state index in [2.05, 4.69) is 37.9 Å². The van der Waals surface area contributed by atoms with Crippen LogP contribution in [0.5, 0.6) is 5.88 Å². The van der Waals surface area contributed by atoms with Gasteiger partial charge >= 0.3 is 0 Å². The third kappa shape index (κ3) is 4.20. The highest BCUT2D eigenvalue weighted by atomic mass is 16.5. The predicted octanol–water partition coefficient (Wildman–Crippen LogP) is 2.02. The lowest BCUT2D eigenvalue weighted by molar-refractivity contribution is 0.207. The van der Waals surface area contributed by atoms with Crippen molar-refractivity contribution < 1.29 is 4.74 Å². The number of aromatic nitrogens is 3. The maximum absolute atomic E-state index is 5.21. The Hall–Kier alpha value is -2.21. The van der Waals surface area contributed by atoms with Gasteiger partial charge in [0.25, 0.3) is 0 Å². The highest BCUT2D eigenvalue weighted by molar-refractivity contribution is 5.32. The Bertz CT molecular complexity index is 636. The number of pyridine rings is 1. The van der Waals surface area contributed by atoms with E-state index in [1.54, 1.807) is 19.4 Å². The van der Waals surface area contributed by atoms with E-state index >= 15 is 0 Å². The first-order valence-electron chi connectivity index (χ1n) is 8.47. The van der Waals surface area contributed by atoms with Crippen LogP contribution in [0.25, 0.3) is 0 Å². The number of nitrogens with zero attached hydrogens (tertiary/aromatic N) is 5. The van der Waals surface area contributed by atoms with Gasteiger partial charge in [0.1, 0.15) is 0 Å². The van der Waals surface area contributed by atoms with Gasteiger partial charge in [0, 0.05) is 50.8 Å². The maximum Gasteiger partial charge on any atom is 0.228 e. The summed E-state index contributed by atoms with van der Waals surface area (Å²) in [5.74, 6) is 1.34. The number of anilines is 1. The quantitative estimate of drug-likeness (QED) is 0.809. The second-order valence-electron chi connectivity index (χ2n) is 6.22. The molecule has 3 heterocycles. The van der Waals surface area contributed by atoms with E-state index in [4.69, 9.17) is 4.74 Å². The van der Waals surface area contributed by atoms with Crippen molar-refractivity contribution >= 4 is 5.95 Å². The molecule has 3 rings (SSSR count).